The van der Waals surface area contributed by atoms with Crippen molar-refractivity contribution in [3.63, 3.8) is 0 Å². The topological polar surface area (TPSA) is 79.0 Å². The largest absolute Gasteiger partial charge is 0.467 e. The highest BCUT2D eigenvalue weighted by Crippen LogP contribution is 2.34. The molecule has 2 fully saturated rings. The molecule has 0 bridgehead atoms. The number of amides is 3. The summed E-state index contributed by atoms with van der Waals surface area (Å²) in [6.45, 7) is 5.25. The third-order valence-electron chi connectivity index (χ3n) is 6.36. The molecule has 1 aromatic carbocycles. The summed E-state index contributed by atoms with van der Waals surface area (Å²) in [5.41, 5.74) is 0.619. The lowest BCUT2D eigenvalue weighted by atomic mass is 9.99. The number of nitrogens with one attached hydrogen (secondary N) is 1. The monoisotopic (exact) mass is 399 g/mol. The Hall–Kier alpha value is -2.57. The number of hydrogen-bond acceptors (Lipinski definition) is 4. The van der Waals surface area contributed by atoms with Gasteiger partial charge in [-0.05, 0) is 45.2 Å². The molecule has 0 aromatic heterocycles. The van der Waals surface area contributed by atoms with Gasteiger partial charge in [-0.25, -0.2) is 0 Å². The van der Waals surface area contributed by atoms with Gasteiger partial charge in [0.2, 0.25) is 11.8 Å². The van der Waals surface area contributed by atoms with E-state index < -0.39 is 5.72 Å². The highest BCUT2D eigenvalue weighted by molar-refractivity contribution is 5.98. The molecular formula is C22H29N3O4. The van der Waals surface area contributed by atoms with Crippen molar-refractivity contribution in [3.8, 4) is 5.75 Å². The minimum atomic E-state index is -0.898. The van der Waals surface area contributed by atoms with E-state index in [9.17, 15) is 14.4 Å². The molecule has 3 heterocycles. The van der Waals surface area contributed by atoms with Gasteiger partial charge in [0.15, 0.2) is 5.72 Å². The lowest BCUT2D eigenvalue weighted by molar-refractivity contribution is -0.142. The molecule has 1 aromatic rings. The number of hydrogen-bond donors (Lipinski definition) is 1. The van der Waals surface area contributed by atoms with Gasteiger partial charge < -0.3 is 19.9 Å². The van der Waals surface area contributed by atoms with E-state index in [1.807, 2.05) is 30.0 Å². The number of piperidine rings is 1. The van der Waals surface area contributed by atoms with Gasteiger partial charge in [0, 0.05) is 38.4 Å². The number of carbonyl (C=O) groups excluding carboxylic acids is 3. The Morgan fingerprint density at radius 2 is 2.07 bits per heavy atom. The zero-order valence-electron chi connectivity index (χ0n) is 17.2. The van der Waals surface area contributed by atoms with Gasteiger partial charge in [-0.1, -0.05) is 11.6 Å². The molecule has 3 amide bonds. The predicted molar refractivity (Wildman–Crippen MR) is 107 cm³/mol. The van der Waals surface area contributed by atoms with Gasteiger partial charge in [-0.2, -0.15) is 0 Å². The van der Waals surface area contributed by atoms with E-state index >= 15 is 0 Å². The van der Waals surface area contributed by atoms with Gasteiger partial charge in [0.05, 0.1) is 12.1 Å². The van der Waals surface area contributed by atoms with E-state index in [0.29, 0.717) is 30.7 Å². The normalized spacial score (nSPS) is 27.2. The van der Waals surface area contributed by atoms with Crippen LogP contribution in [0, 0.1) is 6.92 Å². The first kappa shape index (κ1) is 19.7. The summed E-state index contributed by atoms with van der Waals surface area (Å²) in [5, 5.41) is 2.98. The van der Waals surface area contributed by atoms with Crippen molar-refractivity contribution in [2.45, 2.75) is 64.1 Å². The molecule has 7 nitrogen and oxygen atoms in total. The second-order valence-electron chi connectivity index (χ2n) is 8.55. The van der Waals surface area contributed by atoms with Crippen molar-refractivity contribution in [2.24, 2.45) is 0 Å². The van der Waals surface area contributed by atoms with Crippen LogP contribution < -0.4 is 10.1 Å². The molecule has 1 spiro atoms. The number of ether oxygens (including phenoxy) is 1. The van der Waals surface area contributed by atoms with Crippen LogP contribution in [0.1, 0.15) is 61.4 Å². The molecule has 1 N–H and O–H groups in total. The molecule has 0 radical (unpaired) electrons. The summed E-state index contributed by atoms with van der Waals surface area (Å²) < 4.78 is 6.19. The first-order chi connectivity index (χ1) is 13.9. The van der Waals surface area contributed by atoms with Gasteiger partial charge >= 0.3 is 0 Å². The molecule has 7 heteroatoms. The van der Waals surface area contributed by atoms with Crippen LogP contribution in [0.15, 0.2) is 18.2 Å². The Morgan fingerprint density at radius 1 is 1.24 bits per heavy atom. The van der Waals surface area contributed by atoms with Crippen LogP contribution in [0.4, 0.5) is 0 Å². The summed E-state index contributed by atoms with van der Waals surface area (Å²) in [6.07, 6.45) is 4.28. The third-order valence-corrected chi connectivity index (χ3v) is 6.36. The first-order valence-corrected chi connectivity index (χ1v) is 10.6. The molecule has 2 atom stereocenters. The molecular weight excluding hydrogens is 370 g/mol. The van der Waals surface area contributed by atoms with Crippen molar-refractivity contribution in [1.82, 2.24) is 15.1 Å². The van der Waals surface area contributed by atoms with E-state index in [4.69, 9.17) is 4.74 Å². The van der Waals surface area contributed by atoms with Crippen LogP contribution in [-0.4, -0.2) is 58.9 Å². The third kappa shape index (κ3) is 3.95. The Balaban J connectivity index is 1.45. The van der Waals surface area contributed by atoms with Gasteiger partial charge in [-0.3, -0.25) is 14.4 Å². The second kappa shape index (κ2) is 7.69. The molecule has 0 aliphatic carbocycles. The highest BCUT2D eigenvalue weighted by atomic mass is 16.5. The van der Waals surface area contributed by atoms with E-state index in [2.05, 4.69) is 12.2 Å². The highest BCUT2D eigenvalue weighted by Gasteiger charge is 2.43. The van der Waals surface area contributed by atoms with E-state index in [-0.39, 0.29) is 36.7 Å². The predicted octanol–water partition coefficient (Wildman–Crippen LogP) is 2.23. The Morgan fingerprint density at radius 3 is 2.86 bits per heavy atom. The van der Waals surface area contributed by atoms with E-state index in [1.54, 1.807) is 4.90 Å². The zero-order valence-corrected chi connectivity index (χ0v) is 17.2. The van der Waals surface area contributed by atoms with Crippen molar-refractivity contribution >= 4 is 17.7 Å². The van der Waals surface area contributed by atoms with Gasteiger partial charge in [0.25, 0.3) is 5.91 Å². The van der Waals surface area contributed by atoms with Crippen LogP contribution in [0.2, 0.25) is 0 Å². The fourth-order valence-electron chi connectivity index (χ4n) is 4.57. The summed E-state index contributed by atoms with van der Waals surface area (Å²) in [7, 11) is 0. The standard InChI is InChI=1S/C22H29N3O4/c1-15-6-7-18-17(13-15)21(28)23-22(29-18)9-8-19(26)24(12-10-22)14-20(27)25-11-4-3-5-16(25)2/h6-7,13,16H,3-5,8-12,14H2,1-2H3,(H,23,28)/t16-,22-/m0/s1. The Labute approximate surface area is 171 Å². The van der Waals surface area contributed by atoms with Crippen LogP contribution in [0.5, 0.6) is 5.75 Å². The average molecular weight is 399 g/mol. The van der Waals surface area contributed by atoms with Crippen molar-refractivity contribution in [3.05, 3.63) is 29.3 Å². The molecule has 0 saturated carbocycles. The van der Waals surface area contributed by atoms with E-state index in [0.717, 1.165) is 31.4 Å². The molecule has 0 unspecified atom stereocenters. The van der Waals surface area contributed by atoms with Crippen molar-refractivity contribution in [2.75, 3.05) is 19.6 Å². The summed E-state index contributed by atoms with van der Waals surface area (Å²) in [4.78, 5) is 41.7. The molecule has 2 saturated heterocycles. The molecule has 3 aliphatic heterocycles. The smallest absolute Gasteiger partial charge is 0.258 e. The van der Waals surface area contributed by atoms with Crippen molar-refractivity contribution < 1.29 is 19.1 Å². The summed E-state index contributed by atoms with van der Waals surface area (Å²) in [5.74, 6) is 0.330. The van der Waals surface area contributed by atoms with Crippen molar-refractivity contribution in [1.29, 1.82) is 0 Å². The maximum atomic E-state index is 12.8. The second-order valence-corrected chi connectivity index (χ2v) is 8.55. The molecule has 3 aliphatic rings. The molecule has 4 rings (SSSR count). The zero-order chi connectivity index (χ0) is 20.6. The maximum Gasteiger partial charge on any atom is 0.258 e. The number of carbonyl (C=O) groups is 3. The Bertz CT molecular complexity index is 839. The van der Waals surface area contributed by atoms with Gasteiger partial charge in [-0.15, -0.1) is 0 Å². The number of nitrogens with zero attached hydrogens (tertiary/aromatic N) is 2. The van der Waals surface area contributed by atoms with Crippen LogP contribution in [0.25, 0.3) is 0 Å². The van der Waals surface area contributed by atoms with Gasteiger partial charge in [0.1, 0.15) is 5.75 Å². The van der Waals surface area contributed by atoms with Crippen LogP contribution in [0.3, 0.4) is 0 Å². The maximum absolute atomic E-state index is 12.8. The number of likely N-dealkylation sites (tertiary alicyclic amines) is 2. The van der Waals surface area contributed by atoms with Crippen LogP contribution in [-0.2, 0) is 9.59 Å². The molecule has 29 heavy (non-hydrogen) atoms. The minimum absolute atomic E-state index is 0.0101. The number of benzene rings is 1. The average Bonchev–Trinajstić information content (AvgIpc) is 2.83. The fourth-order valence-corrected chi connectivity index (χ4v) is 4.57. The SMILES string of the molecule is Cc1ccc2c(c1)C(=O)N[C@@]1(CCC(=O)N(CC(=O)N3CCCC[C@@H]3C)CC1)O2. The van der Waals surface area contributed by atoms with E-state index in [1.165, 1.54) is 0 Å². The quantitative estimate of drug-likeness (QED) is 0.827. The lowest BCUT2D eigenvalue weighted by Gasteiger charge is -2.38. The van der Waals surface area contributed by atoms with Crippen LogP contribution >= 0.6 is 0 Å². The molecule has 156 valence electrons. The number of fused-ring (bicyclic) bond motifs is 1. The Kier molecular flexibility index (Phi) is 5.23. The summed E-state index contributed by atoms with van der Waals surface area (Å²) >= 11 is 0. The number of aryl methyl sites for hydroxylation is 1. The fraction of sp³-hybridized carbons (Fsp3) is 0.591. The number of rotatable bonds is 2. The first-order valence-electron chi connectivity index (χ1n) is 10.6. The minimum Gasteiger partial charge on any atom is -0.467 e. The lowest BCUT2D eigenvalue weighted by Crippen LogP contribution is -2.56. The summed E-state index contributed by atoms with van der Waals surface area (Å²) in [6, 6.07) is 5.77.